The molecule has 25 heavy (non-hydrogen) atoms. The largest absolute Gasteiger partial charge is 0.385 e. The number of hydrogen-bond acceptors (Lipinski definition) is 4. The van der Waals surface area contributed by atoms with Gasteiger partial charge in [0.1, 0.15) is 0 Å². The average Bonchev–Trinajstić information content (AvgIpc) is 2.67. The van der Waals surface area contributed by atoms with Crippen LogP contribution in [0, 0.1) is 0 Å². The summed E-state index contributed by atoms with van der Waals surface area (Å²) in [5.41, 5.74) is 2.35. The Bertz CT molecular complexity index is 481. The fraction of sp³-hybridized carbons (Fsp3) is 0.524. The minimum absolute atomic E-state index is 1.06. The lowest BCUT2D eigenvalue weighted by atomic mass is 10.1. The van der Waals surface area contributed by atoms with Crippen LogP contribution >= 0.6 is 0 Å². The van der Waals surface area contributed by atoms with Crippen LogP contribution in [0.4, 0.5) is 11.4 Å². The maximum absolute atomic E-state index is 4.02. The number of aromatic nitrogens is 2. The van der Waals surface area contributed by atoms with Crippen molar-refractivity contribution in [3.05, 3.63) is 49.1 Å². The molecule has 2 aromatic rings. The second-order valence-electron chi connectivity index (χ2n) is 6.51. The summed E-state index contributed by atoms with van der Waals surface area (Å²) in [5, 5.41) is 6.88. The van der Waals surface area contributed by atoms with Crippen molar-refractivity contribution in [1.29, 1.82) is 0 Å². The predicted octanol–water partition coefficient (Wildman–Crippen LogP) is 5.51. The number of nitrogens with one attached hydrogen (secondary N) is 2. The molecule has 0 atom stereocenters. The van der Waals surface area contributed by atoms with Gasteiger partial charge in [0.15, 0.2) is 0 Å². The minimum atomic E-state index is 1.06. The molecule has 0 aliphatic carbocycles. The zero-order valence-electron chi connectivity index (χ0n) is 15.3. The summed E-state index contributed by atoms with van der Waals surface area (Å²) < 4.78 is 0. The fourth-order valence-corrected chi connectivity index (χ4v) is 2.89. The molecule has 0 amide bonds. The zero-order valence-corrected chi connectivity index (χ0v) is 15.3. The van der Waals surface area contributed by atoms with Crippen LogP contribution in [0.15, 0.2) is 49.1 Å². The normalized spacial score (nSPS) is 10.6. The topological polar surface area (TPSA) is 49.8 Å². The number of hydrogen-bond donors (Lipinski definition) is 2. The highest BCUT2D eigenvalue weighted by Crippen LogP contribution is 2.11. The van der Waals surface area contributed by atoms with E-state index in [1.54, 1.807) is 0 Å². The lowest BCUT2D eigenvalue weighted by Gasteiger charge is -2.06. The Morgan fingerprint density at radius 3 is 1.16 bits per heavy atom. The van der Waals surface area contributed by atoms with Gasteiger partial charge in [-0.25, -0.2) is 0 Å². The third kappa shape index (κ3) is 9.70. The molecule has 2 aromatic heterocycles. The molecule has 0 aliphatic rings. The molecule has 0 spiro atoms. The first-order valence-corrected chi connectivity index (χ1v) is 9.73. The maximum atomic E-state index is 4.02. The number of nitrogens with zero attached hydrogens (tertiary/aromatic N) is 2. The molecule has 2 heterocycles. The summed E-state index contributed by atoms with van der Waals surface area (Å²) in [7, 11) is 0. The first kappa shape index (κ1) is 19.2. The molecule has 4 heteroatoms. The van der Waals surface area contributed by atoms with Gasteiger partial charge in [-0.3, -0.25) is 9.97 Å². The van der Waals surface area contributed by atoms with E-state index in [2.05, 4.69) is 20.6 Å². The second kappa shape index (κ2) is 13.2. The van der Waals surface area contributed by atoms with Crippen molar-refractivity contribution in [2.45, 2.75) is 57.8 Å². The van der Waals surface area contributed by atoms with Crippen LogP contribution in [0.3, 0.4) is 0 Å². The molecule has 0 saturated carbocycles. The van der Waals surface area contributed by atoms with Crippen LogP contribution in [0.5, 0.6) is 0 Å². The van der Waals surface area contributed by atoms with Crippen LogP contribution in [-0.4, -0.2) is 23.1 Å². The Hall–Kier alpha value is -2.10. The van der Waals surface area contributed by atoms with Crippen molar-refractivity contribution in [2.75, 3.05) is 23.7 Å². The van der Waals surface area contributed by atoms with Crippen molar-refractivity contribution in [2.24, 2.45) is 0 Å². The van der Waals surface area contributed by atoms with Gasteiger partial charge in [-0.05, 0) is 37.1 Å². The predicted molar refractivity (Wildman–Crippen MR) is 107 cm³/mol. The van der Waals surface area contributed by atoms with Gasteiger partial charge < -0.3 is 10.6 Å². The number of pyridine rings is 2. The van der Waals surface area contributed by atoms with E-state index < -0.39 is 0 Å². The van der Waals surface area contributed by atoms with E-state index in [1.165, 1.54) is 69.2 Å². The maximum Gasteiger partial charge on any atom is 0.0371 e. The lowest BCUT2D eigenvalue weighted by molar-refractivity contribution is 0.566. The quantitative estimate of drug-likeness (QED) is 0.445. The molecule has 2 N–H and O–H groups in total. The standard InChI is InChI=1S/C21H32N4/c1(2-4-6-8-14-24-20-10-16-22-17-11-20)3-5-7-9-15-25-21-12-18-23-19-13-21/h10-13,16-19H,1-9,14-15H2,(H,22,24)(H,23,25). The van der Waals surface area contributed by atoms with Gasteiger partial charge in [-0.1, -0.05) is 44.9 Å². The van der Waals surface area contributed by atoms with E-state index in [0.717, 1.165) is 13.1 Å². The molecule has 2 rings (SSSR count). The smallest absolute Gasteiger partial charge is 0.0371 e. The van der Waals surface area contributed by atoms with Gasteiger partial charge in [0.05, 0.1) is 0 Å². The monoisotopic (exact) mass is 340 g/mol. The van der Waals surface area contributed by atoms with E-state index in [1.807, 2.05) is 49.1 Å². The van der Waals surface area contributed by atoms with Gasteiger partial charge in [0.2, 0.25) is 0 Å². The number of rotatable bonds is 14. The minimum Gasteiger partial charge on any atom is -0.385 e. The summed E-state index contributed by atoms with van der Waals surface area (Å²) in [4.78, 5) is 8.05. The van der Waals surface area contributed by atoms with Crippen molar-refractivity contribution < 1.29 is 0 Å². The first-order valence-electron chi connectivity index (χ1n) is 9.73. The van der Waals surface area contributed by atoms with Crippen LogP contribution in [0.1, 0.15) is 57.8 Å². The van der Waals surface area contributed by atoms with Crippen LogP contribution < -0.4 is 10.6 Å². The molecular formula is C21H32N4. The molecule has 0 fully saturated rings. The van der Waals surface area contributed by atoms with Crippen LogP contribution in [-0.2, 0) is 0 Å². The van der Waals surface area contributed by atoms with E-state index in [0.29, 0.717) is 0 Å². The van der Waals surface area contributed by atoms with Gasteiger partial charge in [-0.15, -0.1) is 0 Å². The SMILES string of the molecule is c1cc(NCCCCCCCCCCCNc2ccncc2)ccn1. The molecule has 136 valence electrons. The third-order valence-electron chi connectivity index (χ3n) is 4.37. The van der Waals surface area contributed by atoms with Crippen molar-refractivity contribution in [1.82, 2.24) is 9.97 Å². The van der Waals surface area contributed by atoms with Gasteiger partial charge in [0, 0.05) is 49.3 Å². The molecule has 0 aliphatic heterocycles. The summed E-state index contributed by atoms with van der Waals surface area (Å²) >= 11 is 0. The molecule has 0 radical (unpaired) electrons. The summed E-state index contributed by atoms with van der Waals surface area (Å²) in [5.74, 6) is 0. The third-order valence-corrected chi connectivity index (χ3v) is 4.37. The first-order chi connectivity index (χ1) is 12.4. The van der Waals surface area contributed by atoms with E-state index >= 15 is 0 Å². The highest BCUT2D eigenvalue weighted by atomic mass is 14.9. The lowest BCUT2D eigenvalue weighted by Crippen LogP contribution is -2.01. The van der Waals surface area contributed by atoms with E-state index in [9.17, 15) is 0 Å². The van der Waals surface area contributed by atoms with Crippen LogP contribution in [0.2, 0.25) is 0 Å². The van der Waals surface area contributed by atoms with Crippen molar-refractivity contribution >= 4 is 11.4 Å². The summed E-state index contributed by atoms with van der Waals surface area (Å²) in [6.45, 7) is 2.13. The Kier molecular flexibility index (Phi) is 10.2. The summed E-state index contributed by atoms with van der Waals surface area (Å²) in [6, 6.07) is 8.08. The molecule has 4 nitrogen and oxygen atoms in total. The zero-order chi connectivity index (χ0) is 17.4. The average molecular weight is 341 g/mol. The highest BCUT2D eigenvalue weighted by Gasteiger charge is 1.95. The van der Waals surface area contributed by atoms with Crippen LogP contribution in [0.25, 0.3) is 0 Å². The Morgan fingerprint density at radius 2 is 0.800 bits per heavy atom. The molecule has 0 unspecified atom stereocenters. The molecule has 0 bridgehead atoms. The Balaban J connectivity index is 1.30. The number of anilines is 2. The van der Waals surface area contributed by atoms with E-state index in [4.69, 9.17) is 0 Å². The number of unbranched alkanes of at least 4 members (excludes halogenated alkanes) is 8. The van der Waals surface area contributed by atoms with Crippen molar-refractivity contribution in [3.63, 3.8) is 0 Å². The Labute approximate surface area is 152 Å². The second-order valence-corrected chi connectivity index (χ2v) is 6.51. The van der Waals surface area contributed by atoms with E-state index in [-0.39, 0.29) is 0 Å². The summed E-state index contributed by atoms with van der Waals surface area (Å²) in [6.07, 6.45) is 19.4. The molecule has 0 aromatic carbocycles. The molecule has 0 saturated heterocycles. The van der Waals surface area contributed by atoms with Crippen molar-refractivity contribution in [3.8, 4) is 0 Å². The van der Waals surface area contributed by atoms with Gasteiger partial charge >= 0.3 is 0 Å². The molecular weight excluding hydrogens is 308 g/mol. The van der Waals surface area contributed by atoms with Gasteiger partial charge in [0.25, 0.3) is 0 Å². The Morgan fingerprint density at radius 1 is 0.480 bits per heavy atom. The van der Waals surface area contributed by atoms with Gasteiger partial charge in [-0.2, -0.15) is 0 Å². The highest BCUT2D eigenvalue weighted by molar-refractivity contribution is 5.41. The fourth-order valence-electron chi connectivity index (χ4n) is 2.89.